The van der Waals surface area contributed by atoms with E-state index >= 15 is 0 Å². The van der Waals surface area contributed by atoms with Crippen molar-refractivity contribution in [3.8, 4) is 17.6 Å². The van der Waals surface area contributed by atoms with Gasteiger partial charge < -0.3 is 14.2 Å². The SMILES string of the molecule is COc1cc(/C=C2/C(=O)N(CC3CCCO3)C(=O)C(C#N)=C2C)ccc1OCc1ccc(F)cc1. The second-order valence-electron chi connectivity index (χ2n) is 8.35. The van der Waals surface area contributed by atoms with Crippen LogP contribution in [0.15, 0.2) is 59.2 Å². The van der Waals surface area contributed by atoms with Gasteiger partial charge in [-0.3, -0.25) is 14.5 Å². The fourth-order valence-electron chi connectivity index (χ4n) is 4.09. The van der Waals surface area contributed by atoms with Crippen LogP contribution in [0.25, 0.3) is 6.08 Å². The monoisotopic (exact) mass is 476 g/mol. The van der Waals surface area contributed by atoms with Gasteiger partial charge in [-0.1, -0.05) is 18.2 Å². The summed E-state index contributed by atoms with van der Waals surface area (Å²) >= 11 is 0. The molecule has 8 heteroatoms. The highest BCUT2D eigenvalue weighted by Gasteiger charge is 2.37. The molecule has 0 aromatic heterocycles. The Hall–Kier alpha value is -3.96. The first-order chi connectivity index (χ1) is 16.9. The fourth-order valence-corrected chi connectivity index (χ4v) is 4.09. The summed E-state index contributed by atoms with van der Waals surface area (Å²) in [5.74, 6) is -0.448. The molecular weight excluding hydrogens is 451 g/mol. The average molecular weight is 477 g/mol. The summed E-state index contributed by atoms with van der Waals surface area (Å²) in [5, 5.41) is 9.58. The van der Waals surface area contributed by atoms with Crippen molar-refractivity contribution in [3.05, 3.63) is 76.1 Å². The predicted octanol–water partition coefficient (Wildman–Crippen LogP) is 4.18. The standard InChI is InChI=1S/C27H25FN2O5/c1-17-22(26(31)30(27(32)23(17)14-29)15-21-4-3-11-34-21)12-19-7-10-24(25(13-19)33-2)35-16-18-5-8-20(28)9-6-18/h5-10,12-13,21H,3-4,11,15-16H2,1-2H3/b22-12+. The Bertz CT molecular complexity index is 1240. The quantitative estimate of drug-likeness (QED) is 0.440. The van der Waals surface area contributed by atoms with E-state index in [4.69, 9.17) is 14.2 Å². The number of methoxy groups -OCH3 is 1. The molecule has 4 rings (SSSR count). The maximum Gasteiger partial charge on any atom is 0.271 e. The zero-order chi connectivity index (χ0) is 24.9. The van der Waals surface area contributed by atoms with Crippen molar-refractivity contribution >= 4 is 17.9 Å². The Balaban J connectivity index is 1.60. The number of benzene rings is 2. The molecule has 1 fully saturated rings. The van der Waals surface area contributed by atoms with Crippen LogP contribution in [0.4, 0.5) is 4.39 Å². The first-order valence-corrected chi connectivity index (χ1v) is 11.3. The second kappa shape index (κ2) is 10.5. The topological polar surface area (TPSA) is 88.9 Å². The van der Waals surface area contributed by atoms with E-state index in [0.29, 0.717) is 29.2 Å². The van der Waals surface area contributed by atoms with Crippen molar-refractivity contribution in [2.45, 2.75) is 32.5 Å². The Morgan fingerprint density at radius 2 is 1.94 bits per heavy atom. The maximum absolute atomic E-state index is 13.3. The van der Waals surface area contributed by atoms with Crippen LogP contribution >= 0.6 is 0 Å². The van der Waals surface area contributed by atoms with Gasteiger partial charge in [0.15, 0.2) is 11.5 Å². The smallest absolute Gasteiger partial charge is 0.271 e. The Kier molecular flexibility index (Phi) is 7.28. The number of carbonyl (C=O) groups is 2. The summed E-state index contributed by atoms with van der Waals surface area (Å²) in [6.07, 6.45) is 3.05. The van der Waals surface area contributed by atoms with Crippen molar-refractivity contribution in [2.75, 3.05) is 20.3 Å². The van der Waals surface area contributed by atoms with Gasteiger partial charge in [-0.2, -0.15) is 5.26 Å². The molecule has 2 aliphatic heterocycles. The van der Waals surface area contributed by atoms with Crippen LogP contribution in [0.1, 0.15) is 30.9 Å². The molecular formula is C27H25FN2O5. The minimum atomic E-state index is -0.593. The van der Waals surface area contributed by atoms with E-state index in [0.717, 1.165) is 23.3 Å². The van der Waals surface area contributed by atoms with Crippen LogP contribution in [0.5, 0.6) is 11.5 Å². The van der Waals surface area contributed by atoms with E-state index in [1.54, 1.807) is 43.3 Å². The fraction of sp³-hybridized carbons (Fsp3) is 0.296. The molecule has 0 aliphatic carbocycles. The highest BCUT2D eigenvalue weighted by Crippen LogP contribution is 2.32. The molecule has 35 heavy (non-hydrogen) atoms. The minimum Gasteiger partial charge on any atom is -0.493 e. The van der Waals surface area contributed by atoms with E-state index in [-0.39, 0.29) is 36.2 Å². The molecule has 1 atom stereocenters. The van der Waals surface area contributed by atoms with Gasteiger partial charge >= 0.3 is 0 Å². The van der Waals surface area contributed by atoms with Gasteiger partial charge in [0.1, 0.15) is 24.1 Å². The zero-order valence-corrected chi connectivity index (χ0v) is 19.5. The number of carbonyl (C=O) groups excluding carboxylic acids is 2. The van der Waals surface area contributed by atoms with Crippen molar-refractivity contribution < 1.29 is 28.2 Å². The normalized spacial score (nSPS) is 19.3. The van der Waals surface area contributed by atoms with Crippen molar-refractivity contribution in [3.63, 3.8) is 0 Å². The van der Waals surface area contributed by atoms with Crippen LogP contribution in [0.2, 0.25) is 0 Å². The molecule has 2 aromatic rings. The van der Waals surface area contributed by atoms with Crippen molar-refractivity contribution in [1.29, 1.82) is 5.26 Å². The van der Waals surface area contributed by atoms with E-state index in [1.165, 1.54) is 19.2 Å². The van der Waals surface area contributed by atoms with Crippen LogP contribution in [0.3, 0.4) is 0 Å². The first-order valence-electron chi connectivity index (χ1n) is 11.3. The van der Waals surface area contributed by atoms with Crippen LogP contribution in [-0.4, -0.2) is 43.1 Å². The third-order valence-electron chi connectivity index (χ3n) is 6.04. The molecule has 2 aromatic carbocycles. The molecule has 2 aliphatic rings. The van der Waals surface area contributed by atoms with Gasteiger partial charge in [0, 0.05) is 12.2 Å². The van der Waals surface area contributed by atoms with E-state index in [9.17, 15) is 19.2 Å². The highest BCUT2D eigenvalue weighted by molar-refractivity contribution is 6.19. The number of rotatable bonds is 7. The lowest BCUT2D eigenvalue weighted by molar-refractivity contribution is -0.142. The summed E-state index contributed by atoms with van der Waals surface area (Å²) in [5.41, 5.74) is 1.98. The number of hydrogen-bond acceptors (Lipinski definition) is 6. The molecule has 0 saturated carbocycles. The molecule has 2 heterocycles. The third-order valence-corrected chi connectivity index (χ3v) is 6.04. The molecule has 7 nitrogen and oxygen atoms in total. The Morgan fingerprint density at radius 3 is 2.60 bits per heavy atom. The highest BCUT2D eigenvalue weighted by atomic mass is 19.1. The van der Waals surface area contributed by atoms with E-state index < -0.39 is 11.8 Å². The lowest BCUT2D eigenvalue weighted by Gasteiger charge is -2.29. The lowest BCUT2D eigenvalue weighted by Crippen LogP contribution is -2.46. The molecule has 1 unspecified atom stereocenters. The lowest BCUT2D eigenvalue weighted by atomic mass is 9.93. The Labute approximate surface area is 203 Å². The molecule has 0 N–H and O–H groups in total. The zero-order valence-electron chi connectivity index (χ0n) is 19.5. The minimum absolute atomic E-state index is 0.0555. The van der Waals surface area contributed by atoms with Gasteiger partial charge in [0.25, 0.3) is 11.8 Å². The average Bonchev–Trinajstić information content (AvgIpc) is 3.38. The number of amides is 2. The van der Waals surface area contributed by atoms with Crippen LogP contribution in [-0.2, 0) is 20.9 Å². The maximum atomic E-state index is 13.3. The molecule has 0 spiro atoms. The number of nitriles is 1. The molecule has 0 radical (unpaired) electrons. The van der Waals surface area contributed by atoms with Gasteiger partial charge in [-0.05, 0) is 66.8 Å². The van der Waals surface area contributed by atoms with E-state index in [1.807, 2.05) is 6.07 Å². The number of nitrogens with zero attached hydrogens (tertiary/aromatic N) is 2. The van der Waals surface area contributed by atoms with Crippen molar-refractivity contribution in [2.24, 2.45) is 0 Å². The van der Waals surface area contributed by atoms with Gasteiger partial charge in [-0.15, -0.1) is 0 Å². The third kappa shape index (κ3) is 5.26. The van der Waals surface area contributed by atoms with Gasteiger partial charge in [0.2, 0.25) is 0 Å². The number of halogens is 1. The van der Waals surface area contributed by atoms with E-state index in [2.05, 4.69) is 0 Å². The predicted molar refractivity (Wildman–Crippen MR) is 126 cm³/mol. The van der Waals surface area contributed by atoms with Crippen molar-refractivity contribution in [1.82, 2.24) is 4.90 Å². The molecule has 1 saturated heterocycles. The Morgan fingerprint density at radius 1 is 1.17 bits per heavy atom. The molecule has 0 bridgehead atoms. The largest absolute Gasteiger partial charge is 0.493 e. The number of ether oxygens (including phenoxy) is 3. The van der Waals surface area contributed by atoms with Gasteiger partial charge in [-0.25, -0.2) is 4.39 Å². The first kappa shape index (κ1) is 24.2. The summed E-state index contributed by atoms with van der Waals surface area (Å²) in [6, 6.07) is 13.1. The van der Waals surface area contributed by atoms with Crippen LogP contribution in [0, 0.1) is 17.1 Å². The second-order valence-corrected chi connectivity index (χ2v) is 8.35. The van der Waals surface area contributed by atoms with Crippen LogP contribution < -0.4 is 9.47 Å². The summed E-state index contributed by atoms with van der Waals surface area (Å²) in [4.78, 5) is 27.2. The number of hydrogen-bond donors (Lipinski definition) is 0. The summed E-state index contributed by atoms with van der Waals surface area (Å²) < 4.78 is 30.0. The molecule has 2 amide bonds. The number of imide groups is 1. The summed E-state index contributed by atoms with van der Waals surface area (Å²) in [6.45, 7) is 2.54. The summed E-state index contributed by atoms with van der Waals surface area (Å²) in [7, 11) is 1.50. The van der Waals surface area contributed by atoms with Gasteiger partial charge in [0.05, 0.1) is 19.8 Å². The molecule has 180 valence electrons.